The van der Waals surface area contributed by atoms with Gasteiger partial charge in [0.25, 0.3) is 0 Å². The molecule has 0 N–H and O–H groups in total. The first-order valence-corrected chi connectivity index (χ1v) is 17.9. The van der Waals surface area contributed by atoms with Crippen molar-refractivity contribution in [3.8, 4) is 27.9 Å². The maximum atomic E-state index is 2.43. The Labute approximate surface area is 303 Å². The number of anilines is 3. The van der Waals surface area contributed by atoms with Gasteiger partial charge in [-0.3, -0.25) is 0 Å². The van der Waals surface area contributed by atoms with Crippen LogP contribution in [-0.2, 0) is 0 Å². The number of nitrogens with zero attached hydrogens (tertiary/aromatic N) is 2. The number of benzene rings is 9. The van der Waals surface area contributed by atoms with Gasteiger partial charge in [-0.25, -0.2) is 0 Å². The minimum Gasteiger partial charge on any atom is -0.309 e. The molecule has 1 aromatic heterocycles. The second kappa shape index (κ2) is 12.5. The average molecular weight is 663 g/mol. The van der Waals surface area contributed by atoms with E-state index in [4.69, 9.17) is 0 Å². The minimum atomic E-state index is 1.11. The van der Waals surface area contributed by atoms with Gasteiger partial charge in [-0.15, -0.1) is 0 Å². The quantitative estimate of drug-likeness (QED) is 0.172. The molecular formula is C50H34N2. The fourth-order valence-corrected chi connectivity index (χ4v) is 7.90. The minimum absolute atomic E-state index is 1.11. The number of rotatable bonds is 6. The van der Waals surface area contributed by atoms with Crippen LogP contribution < -0.4 is 4.90 Å². The van der Waals surface area contributed by atoms with E-state index in [1.54, 1.807) is 0 Å². The van der Waals surface area contributed by atoms with Crippen molar-refractivity contribution in [2.24, 2.45) is 0 Å². The first-order valence-electron chi connectivity index (χ1n) is 17.9. The summed E-state index contributed by atoms with van der Waals surface area (Å²) in [6, 6.07) is 74.7. The van der Waals surface area contributed by atoms with Crippen LogP contribution in [0.4, 0.5) is 17.1 Å². The third-order valence-electron chi connectivity index (χ3n) is 10.4. The van der Waals surface area contributed by atoms with Crippen molar-refractivity contribution in [2.45, 2.75) is 0 Å². The largest absolute Gasteiger partial charge is 0.309 e. The summed E-state index contributed by atoms with van der Waals surface area (Å²) < 4.78 is 2.41. The molecule has 10 aromatic rings. The maximum absolute atomic E-state index is 2.43. The highest BCUT2D eigenvalue weighted by molar-refractivity contribution is 6.10. The number of hydrogen-bond acceptors (Lipinski definition) is 1. The molecule has 2 heteroatoms. The Kier molecular flexibility index (Phi) is 7.18. The molecule has 0 aliphatic carbocycles. The highest BCUT2D eigenvalue weighted by Gasteiger charge is 2.19. The monoisotopic (exact) mass is 662 g/mol. The molecule has 244 valence electrons. The van der Waals surface area contributed by atoms with Gasteiger partial charge in [0.2, 0.25) is 0 Å². The smallest absolute Gasteiger partial charge is 0.0547 e. The van der Waals surface area contributed by atoms with E-state index in [1.165, 1.54) is 65.6 Å². The maximum Gasteiger partial charge on any atom is 0.0547 e. The second-order valence-electron chi connectivity index (χ2n) is 13.4. The molecule has 9 aromatic carbocycles. The van der Waals surface area contributed by atoms with Gasteiger partial charge in [-0.1, -0.05) is 158 Å². The summed E-state index contributed by atoms with van der Waals surface area (Å²) in [6.45, 7) is 0. The number of para-hydroxylation sites is 1. The van der Waals surface area contributed by atoms with Crippen molar-refractivity contribution >= 4 is 60.4 Å². The SMILES string of the molecule is c1ccc(-c2ccc(-n3c4ccccc4c4ccc(-c5cccc(N(c6cccc7ccccc67)c6cccc7ccccc67)c5)cc43)cc2)cc1. The molecule has 0 bridgehead atoms. The highest BCUT2D eigenvalue weighted by Crippen LogP contribution is 2.43. The topological polar surface area (TPSA) is 8.17 Å². The molecule has 52 heavy (non-hydrogen) atoms. The van der Waals surface area contributed by atoms with E-state index in [9.17, 15) is 0 Å². The summed E-state index contributed by atoms with van der Waals surface area (Å²) in [5.41, 5.74) is 11.7. The Bertz CT molecular complexity index is 2810. The van der Waals surface area contributed by atoms with Gasteiger partial charge in [0, 0.05) is 32.9 Å². The second-order valence-corrected chi connectivity index (χ2v) is 13.4. The lowest BCUT2D eigenvalue weighted by Crippen LogP contribution is -2.11. The van der Waals surface area contributed by atoms with Crippen LogP contribution in [0.1, 0.15) is 0 Å². The Morgan fingerprint density at radius 3 is 1.52 bits per heavy atom. The van der Waals surface area contributed by atoms with E-state index in [0.717, 1.165) is 22.7 Å². The average Bonchev–Trinajstić information content (AvgIpc) is 3.55. The van der Waals surface area contributed by atoms with Crippen molar-refractivity contribution in [3.05, 3.63) is 206 Å². The standard InChI is InChI=1S/C50H34N2/c1-2-13-35(14-3-1)36-27-30-41(31-28-36)51-49-24-9-8-23-45(49)46-32-29-40(34-50(46)51)39-19-10-20-42(33-39)52(47-25-11-17-37-15-4-6-21-43(37)47)48-26-12-18-38-16-5-7-22-44(38)48/h1-34H. The van der Waals surface area contributed by atoms with Crippen molar-refractivity contribution in [3.63, 3.8) is 0 Å². The van der Waals surface area contributed by atoms with Crippen LogP contribution in [0.25, 0.3) is 71.3 Å². The molecule has 1 heterocycles. The first-order chi connectivity index (χ1) is 25.8. The third kappa shape index (κ3) is 5.04. The predicted molar refractivity (Wildman–Crippen MR) is 221 cm³/mol. The molecule has 2 nitrogen and oxygen atoms in total. The Balaban J connectivity index is 1.14. The highest BCUT2D eigenvalue weighted by atomic mass is 15.1. The lowest BCUT2D eigenvalue weighted by Gasteiger charge is -2.28. The molecule has 0 fully saturated rings. The number of hydrogen-bond donors (Lipinski definition) is 0. The van der Waals surface area contributed by atoms with Gasteiger partial charge in [0.1, 0.15) is 0 Å². The summed E-state index contributed by atoms with van der Waals surface area (Å²) >= 11 is 0. The van der Waals surface area contributed by atoms with Crippen molar-refractivity contribution in [1.29, 1.82) is 0 Å². The van der Waals surface area contributed by atoms with E-state index in [1.807, 2.05) is 0 Å². The van der Waals surface area contributed by atoms with Crippen LogP contribution in [0.2, 0.25) is 0 Å². The summed E-state index contributed by atoms with van der Waals surface area (Å²) in [5, 5.41) is 7.37. The van der Waals surface area contributed by atoms with Crippen molar-refractivity contribution in [2.75, 3.05) is 4.90 Å². The zero-order valence-electron chi connectivity index (χ0n) is 28.5. The van der Waals surface area contributed by atoms with Crippen molar-refractivity contribution in [1.82, 2.24) is 4.57 Å². The predicted octanol–water partition coefficient (Wildman–Crippen LogP) is 13.9. The molecule has 0 spiro atoms. The molecule has 0 aliphatic rings. The first kappa shape index (κ1) is 30.0. The molecule has 0 amide bonds. The van der Waals surface area contributed by atoms with Crippen LogP contribution in [0.3, 0.4) is 0 Å². The van der Waals surface area contributed by atoms with Gasteiger partial charge in [-0.2, -0.15) is 0 Å². The van der Waals surface area contributed by atoms with Crippen molar-refractivity contribution < 1.29 is 0 Å². The van der Waals surface area contributed by atoms with Gasteiger partial charge in [0.15, 0.2) is 0 Å². The molecule has 0 atom stereocenters. The van der Waals surface area contributed by atoms with Gasteiger partial charge in [0.05, 0.1) is 22.4 Å². The summed E-state index contributed by atoms with van der Waals surface area (Å²) in [7, 11) is 0. The van der Waals surface area contributed by atoms with Gasteiger partial charge in [-0.05, 0) is 81.6 Å². The van der Waals surface area contributed by atoms with Crippen LogP contribution in [0.5, 0.6) is 0 Å². The van der Waals surface area contributed by atoms with Crippen LogP contribution in [0, 0.1) is 0 Å². The molecule has 0 aliphatic heterocycles. The van der Waals surface area contributed by atoms with Gasteiger partial charge < -0.3 is 9.47 Å². The lowest BCUT2D eigenvalue weighted by molar-refractivity contribution is 1.18. The molecule has 0 saturated carbocycles. The van der Waals surface area contributed by atoms with E-state index in [0.29, 0.717) is 0 Å². The molecule has 0 radical (unpaired) electrons. The normalized spacial score (nSPS) is 11.5. The van der Waals surface area contributed by atoms with E-state index in [2.05, 4.69) is 216 Å². The zero-order valence-corrected chi connectivity index (χ0v) is 28.5. The fourth-order valence-electron chi connectivity index (χ4n) is 7.90. The third-order valence-corrected chi connectivity index (χ3v) is 10.4. The van der Waals surface area contributed by atoms with Gasteiger partial charge >= 0.3 is 0 Å². The summed E-state index contributed by atoms with van der Waals surface area (Å²) in [6.07, 6.45) is 0. The molecule has 0 unspecified atom stereocenters. The lowest BCUT2D eigenvalue weighted by atomic mass is 10.0. The Morgan fingerprint density at radius 1 is 0.308 bits per heavy atom. The molecule has 0 saturated heterocycles. The van der Waals surface area contributed by atoms with E-state index in [-0.39, 0.29) is 0 Å². The zero-order chi connectivity index (χ0) is 34.4. The fraction of sp³-hybridized carbons (Fsp3) is 0. The Morgan fingerprint density at radius 2 is 0.808 bits per heavy atom. The van der Waals surface area contributed by atoms with Crippen LogP contribution in [0.15, 0.2) is 206 Å². The van der Waals surface area contributed by atoms with E-state index < -0.39 is 0 Å². The molecule has 10 rings (SSSR count). The summed E-state index contributed by atoms with van der Waals surface area (Å²) in [4.78, 5) is 2.43. The number of fused-ring (bicyclic) bond motifs is 5. The van der Waals surface area contributed by atoms with Crippen LogP contribution >= 0.6 is 0 Å². The number of aromatic nitrogens is 1. The molecular weight excluding hydrogens is 629 g/mol. The van der Waals surface area contributed by atoms with E-state index >= 15 is 0 Å². The summed E-state index contributed by atoms with van der Waals surface area (Å²) in [5.74, 6) is 0. The Hall–Kier alpha value is -6.90. The van der Waals surface area contributed by atoms with Crippen LogP contribution in [-0.4, -0.2) is 4.57 Å².